The number of benzene rings is 1. The van der Waals surface area contributed by atoms with E-state index in [1.807, 2.05) is 24.0 Å². The maximum absolute atomic E-state index is 12.6. The molecule has 6 nitrogen and oxygen atoms in total. The summed E-state index contributed by atoms with van der Waals surface area (Å²) < 4.78 is 1.37. The molecule has 26 heavy (non-hydrogen) atoms. The number of rotatable bonds is 4. The second kappa shape index (κ2) is 7.89. The summed E-state index contributed by atoms with van der Waals surface area (Å²) in [6, 6.07) is 9.71. The number of piperazine rings is 1. The maximum atomic E-state index is 12.6. The molecule has 0 spiro atoms. The van der Waals surface area contributed by atoms with Gasteiger partial charge in [-0.3, -0.25) is 4.90 Å². The highest BCUT2D eigenvalue weighted by Gasteiger charge is 2.22. The topological polar surface area (TPSA) is 53.4 Å². The van der Waals surface area contributed by atoms with Crippen molar-refractivity contribution in [3.63, 3.8) is 0 Å². The van der Waals surface area contributed by atoms with E-state index in [9.17, 15) is 4.79 Å². The van der Waals surface area contributed by atoms with Crippen molar-refractivity contribution < 1.29 is 4.79 Å². The molecule has 6 heteroatoms. The lowest BCUT2D eigenvalue weighted by atomic mass is 10.1. The lowest BCUT2D eigenvalue weighted by Gasteiger charge is -2.34. The lowest BCUT2D eigenvalue weighted by Crippen LogP contribution is -2.49. The molecule has 0 atom stereocenters. The average Bonchev–Trinajstić information content (AvgIpc) is 3.10. The van der Waals surface area contributed by atoms with E-state index in [1.165, 1.54) is 10.2 Å². The highest BCUT2D eigenvalue weighted by atomic mass is 16.2. The summed E-state index contributed by atoms with van der Waals surface area (Å²) in [4.78, 5) is 16.7. The van der Waals surface area contributed by atoms with Crippen LogP contribution in [0.1, 0.15) is 18.1 Å². The predicted octanol–water partition coefficient (Wildman–Crippen LogP) is 2.60. The van der Waals surface area contributed by atoms with Crippen molar-refractivity contribution in [2.75, 3.05) is 31.5 Å². The minimum absolute atomic E-state index is 0.0993. The van der Waals surface area contributed by atoms with Crippen molar-refractivity contribution in [3.8, 4) is 12.3 Å². The molecule has 0 bridgehead atoms. The van der Waals surface area contributed by atoms with Gasteiger partial charge in [0.1, 0.15) is 0 Å². The first-order valence-corrected chi connectivity index (χ1v) is 8.60. The SMILES string of the molecule is C#Cc1ccc(CN2CCN(C(=O)n3ccc(NC(=C)C)n3)CC2)cc1. The Morgan fingerprint density at radius 3 is 2.54 bits per heavy atom. The van der Waals surface area contributed by atoms with Crippen LogP contribution in [-0.2, 0) is 6.54 Å². The fraction of sp³-hybridized carbons (Fsp3) is 0.300. The number of nitrogens with one attached hydrogen (secondary N) is 1. The van der Waals surface area contributed by atoms with E-state index in [2.05, 4.69) is 39.9 Å². The monoisotopic (exact) mass is 349 g/mol. The van der Waals surface area contributed by atoms with Crippen LogP contribution in [0.4, 0.5) is 10.6 Å². The molecular weight excluding hydrogens is 326 g/mol. The minimum Gasteiger partial charge on any atom is -0.343 e. The summed E-state index contributed by atoms with van der Waals surface area (Å²) in [5.41, 5.74) is 2.90. The van der Waals surface area contributed by atoms with Crippen LogP contribution in [-0.4, -0.2) is 51.8 Å². The normalized spacial score (nSPS) is 14.7. The van der Waals surface area contributed by atoms with Crippen molar-refractivity contribution in [2.24, 2.45) is 0 Å². The molecule has 3 rings (SSSR count). The molecule has 0 saturated carbocycles. The quantitative estimate of drug-likeness (QED) is 0.862. The number of hydrogen-bond donors (Lipinski definition) is 1. The van der Waals surface area contributed by atoms with Gasteiger partial charge < -0.3 is 10.2 Å². The number of carbonyl (C=O) groups is 1. The Morgan fingerprint density at radius 1 is 1.23 bits per heavy atom. The summed E-state index contributed by atoms with van der Waals surface area (Å²) in [7, 11) is 0. The first-order valence-electron chi connectivity index (χ1n) is 8.60. The van der Waals surface area contributed by atoms with Gasteiger partial charge >= 0.3 is 6.03 Å². The molecule has 1 N–H and O–H groups in total. The van der Waals surface area contributed by atoms with E-state index in [4.69, 9.17) is 6.42 Å². The largest absolute Gasteiger partial charge is 0.344 e. The van der Waals surface area contributed by atoms with Crippen LogP contribution >= 0.6 is 0 Å². The Hall–Kier alpha value is -3.04. The standard InChI is InChI=1S/C20H23N5O/c1-4-17-5-7-18(8-6-17)15-23-11-13-24(14-12-23)20(26)25-10-9-19(22-25)21-16(2)3/h1,5-10H,2,11-15H2,3H3,(H,21,22). The first kappa shape index (κ1) is 17.8. The van der Waals surface area contributed by atoms with Gasteiger partial charge in [-0.1, -0.05) is 24.6 Å². The van der Waals surface area contributed by atoms with Gasteiger partial charge in [-0.15, -0.1) is 11.5 Å². The van der Waals surface area contributed by atoms with E-state index in [0.717, 1.165) is 30.9 Å². The molecule has 1 aromatic carbocycles. The van der Waals surface area contributed by atoms with Crippen molar-refractivity contribution in [1.82, 2.24) is 19.6 Å². The third-order valence-electron chi connectivity index (χ3n) is 4.30. The molecule has 0 unspecified atom stereocenters. The summed E-state index contributed by atoms with van der Waals surface area (Å²) in [5.74, 6) is 3.25. The number of amides is 1. The number of nitrogens with zero attached hydrogens (tertiary/aromatic N) is 4. The molecule has 1 aliphatic rings. The second-order valence-corrected chi connectivity index (χ2v) is 6.44. The van der Waals surface area contributed by atoms with Crippen LogP contribution in [0, 0.1) is 12.3 Å². The number of carbonyl (C=O) groups excluding carboxylic acids is 1. The Bertz CT molecular complexity index is 823. The molecule has 1 fully saturated rings. The highest BCUT2D eigenvalue weighted by Crippen LogP contribution is 2.12. The molecule has 2 aromatic rings. The third-order valence-corrected chi connectivity index (χ3v) is 4.30. The average molecular weight is 349 g/mol. The van der Waals surface area contributed by atoms with Gasteiger partial charge in [-0.05, 0) is 24.6 Å². The zero-order valence-corrected chi connectivity index (χ0v) is 15.0. The zero-order chi connectivity index (χ0) is 18.5. The van der Waals surface area contributed by atoms with E-state index in [-0.39, 0.29) is 6.03 Å². The van der Waals surface area contributed by atoms with Gasteiger partial charge in [0.05, 0.1) is 0 Å². The summed E-state index contributed by atoms with van der Waals surface area (Å²) in [5, 5.41) is 7.26. The van der Waals surface area contributed by atoms with E-state index < -0.39 is 0 Å². The Labute approximate surface area is 154 Å². The van der Waals surface area contributed by atoms with Crippen molar-refractivity contribution in [2.45, 2.75) is 13.5 Å². The maximum Gasteiger partial charge on any atom is 0.344 e. The van der Waals surface area contributed by atoms with Crippen LogP contribution < -0.4 is 5.32 Å². The number of anilines is 1. The second-order valence-electron chi connectivity index (χ2n) is 6.44. The van der Waals surface area contributed by atoms with E-state index >= 15 is 0 Å². The number of allylic oxidation sites excluding steroid dienone is 1. The van der Waals surface area contributed by atoms with Crippen molar-refractivity contribution in [1.29, 1.82) is 0 Å². The van der Waals surface area contributed by atoms with Gasteiger partial charge in [0.25, 0.3) is 0 Å². The third kappa shape index (κ3) is 4.32. The van der Waals surface area contributed by atoms with Crippen LogP contribution in [0.15, 0.2) is 48.8 Å². The van der Waals surface area contributed by atoms with Crippen LogP contribution in [0.5, 0.6) is 0 Å². The molecule has 1 aromatic heterocycles. The van der Waals surface area contributed by atoms with E-state index in [1.54, 1.807) is 12.3 Å². The Balaban J connectivity index is 1.52. The molecule has 0 radical (unpaired) electrons. The van der Waals surface area contributed by atoms with Crippen molar-refractivity contribution in [3.05, 3.63) is 59.9 Å². The fourth-order valence-electron chi connectivity index (χ4n) is 2.92. The Kier molecular flexibility index (Phi) is 5.40. The van der Waals surface area contributed by atoms with Crippen LogP contribution in [0.25, 0.3) is 0 Å². The highest BCUT2D eigenvalue weighted by molar-refractivity contribution is 5.76. The zero-order valence-electron chi connectivity index (χ0n) is 15.0. The predicted molar refractivity (Wildman–Crippen MR) is 103 cm³/mol. The molecule has 0 aliphatic carbocycles. The van der Waals surface area contributed by atoms with Gasteiger partial charge in [-0.2, -0.15) is 4.68 Å². The van der Waals surface area contributed by atoms with Gasteiger partial charge in [-0.25, -0.2) is 4.79 Å². The summed E-state index contributed by atoms with van der Waals surface area (Å²) >= 11 is 0. The van der Waals surface area contributed by atoms with E-state index in [0.29, 0.717) is 18.9 Å². The van der Waals surface area contributed by atoms with Crippen molar-refractivity contribution >= 4 is 11.8 Å². The van der Waals surface area contributed by atoms with Crippen LogP contribution in [0.3, 0.4) is 0 Å². The van der Waals surface area contributed by atoms with Gasteiger partial charge in [0, 0.05) is 56.2 Å². The molecule has 1 amide bonds. The number of terminal acetylenes is 1. The molecule has 2 heterocycles. The minimum atomic E-state index is -0.0993. The first-order chi connectivity index (χ1) is 12.5. The molecule has 134 valence electrons. The molecule has 1 saturated heterocycles. The van der Waals surface area contributed by atoms with Gasteiger partial charge in [0.2, 0.25) is 0 Å². The molecule has 1 aliphatic heterocycles. The number of hydrogen-bond acceptors (Lipinski definition) is 4. The summed E-state index contributed by atoms with van der Waals surface area (Å²) in [6.45, 7) is 9.52. The molecular formula is C20H23N5O. The summed E-state index contributed by atoms with van der Waals surface area (Å²) in [6.07, 6.45) is 7.06. The fourth-order valence-corrected chi connectivity index (χ4v) is 2.92. The number of aromatic nitrogens is 2. The Morgan fingerprint density at radius 2 is 1.92 bits per heavy atom. The smallest absolute Gasteiger partial charge is 0.343 e. The van der Waals surface area contributed by atoms with Gasteiger partial charge in [0.15, 0.2) is 5.82 Å². The van der Waals surface area contributed by atoms with Crippen LogP contribution in [0.2, 0.25) is 0 Å². The lowest BCUT2D eigenvalue weighted by molar-refractivity contribution is 0.134.